The first-order valence-electron chi connectivity index (χ1n) is 16.4. The lowest BCUT2D eigenvalue weighted by Crippen LogP contribution is -2.49. The predicted molar refractivity (Wildman–Crippen MR) is 178 cm³/mol. The molecular weight excluding hydrogens is 621 g/mol. The van der Waals surface area contributed by atoms with Crippen LogP contribution in [0.4, 0.5) is 14.9 Å². The topological polar surface area (TPSA) is 145 Å². The first-order chi connectivity index (χ1) is 23.0. The second-order valence-electron chi connectivity index (χ2n) is 13.1. The first-order valence-corrected chi connectivity index (χ1v) is 16.4. The summed E-state index contributed by atoms with van der Waals surface area (Å²) in [6.07, 6.45) is 2.26. The molecule has 0 bridgehead atoms. The number of hydrogen-bond donors (Lipinski definition) is 3. The van der Waals surface area contributed by atoms with E-state index in [1.807, 2.05) is 30.3 Å². The van der Waals surface area contributed by atoms with Gasteiger partial charge in [0.15, 0.2) is 0 Å². The molecule has 0 saturated heterocycles. The fourth-order valence-corrected chi connectivity index (χ4v) is 5.76. The standard InChI is InChI=1S/C36H46FN3O8/c1-36(2,3)48-35(44)40-29(22-37)24-11-13-25(14-12-24)32(41)39-28(19-23-9-6-5-7-10-23)33(42)38-27-15-16-30-26(20-27)21-31(47-30)34(43)46-18-8-17-45-4/h5-7,9-10,15-16,20-21,24-25,28-29H,8,11-14,17-19,22H2,1-4H3,(H,38,42)(H,39,41)(H,40,44)/t24?,25?,28-,29+/m0/s1. The van der Waals surface area contributed by atoms with Gasteiger partial charge in [-0.2, -0.15) is 0 Å². The van der Waals surface area contributed by atoms with E-state index in [1.165, 1.54) is 0 Å². The van der Waals surface area contributed by atoms with Crippen LogP contribution in [-0.2, 0) is 30.2 Å². The number of carbonyl (C=O) groups excluding carboxylic acids is 4. The van der Waals surface area contributed by atoms with Gasteiger partial charge in [0.2, 0.25) is 17.6 Å². The number of halogens is 1. The first kappa shape index (κ1) is 36.4. The fourth-order valence-electron chi connectivity index (χ4n) is 5.76. The number of methoxy groups -OCH3 is 1. The van der Waals surface area contributed by atoms with E-state index in [0.717, 1.165) is 5.56 Å². The quantitative estimate of drug-likeness (QED) is 0.141. The lowest BCUT2D eigenvalue weighted by molar-refractivity contribution is -0.130. The van der Waals surface area contributed by atoms with E-state index in [0.29, 0.717) is 55.4 Å². The summed E-state index contributed by atoms with van der Waals surface area (Å²) in [5.41, 5.74) is 1.10. The number of anilines is 1. The van der Waals surface area contributed by atoms with E-state index in [4.69, 9.17) is 18.6 Å². The Labute approximate surface area is 280 Å². The molecular formula is C36H46FN3O8. The van der Waals surface area contributed by atoms with Gasteiger partial charge in [-0.05, 0) is 82.2 Å². The van der Waals surface area contributed by atoms with Gasteiger partial charge in [-0.25, -0.2) is 14.0 Å². The zero-order valence-corrected chi connectivity index (χ0v) is 28.0. The van der Waals surface area contributed by atoms with Crippen molar-refractivity contribution in [3.8, 4) is 0 Å². The summed E-state index contributed by atoms with van der Waals surface area (Å²) in [7, 11) is 1.57. The number of ether oxygens (including phenoxy) is 3. The van der Waals surface area contributed by atoms with Crippen LogP contribution in [0.5, 0.6) is 0 Å². The molecule has 260 valence electrons. The average Bonchev–Trinajstić information content (AvgIpc) is 3.49. The summed E-state index contributed by atoms with van der Waals surface area (Å²) in [6.45, 7) is 5.17. The highest BCUT2D eigenvalue weighted by atomic mass is 19.1. The maximum absolute atomic E-state index is 13.9. The molecule has 0 unspecified atom stereocenters. The third-order valence-electron chi connectivity index (χ3n) is 8.21. The Kier molecular flexibility index (Phi) is 13.0. The third kappa shape index (κ3) is 10.8. The van der Waals surface area contributed by atoms with Crippen molar-refractivity contribution in [3.05, 3.63) is 65.9 Å². The van der Waals surface area contributed by atoms with Gasteiger partial charge in [-0.1, -0.05) is 30.3 Å². The smallest absolute Gasteiger partial charge is 0.407 e. The number of rotatable bonds is 14. The van der Waals surface area contributed by atoms with E-state index in [1.54, 1.807) is 52.1 Å². The largest absolute Gasteiger partial charge is 0.460 e. The molecule has 3 amide bonds. The monoisotopic (exact) mass is 667 g/mol. The number of alkyl halides is 1. The van der Waals surface area contributed by atoms with Crippen LogP contribution < -0.4 is 16.0 Å². The molecule has 1 aliphatic rings. The number of fused-ring (bicyclic) bond motifs is 1. The summed E-state index contributed by atoms with van der Waals surface area (Å²) >= 11 is 0. The Morgan fingerprint density at radius 1 is 0.958 bits per heavy atom. The van der Waals surface area contributed by atoms with E-state index in [2.05, 4.69) is 16.0 Å². The number of alkyl carbamates (subject to hydrolysis) is 1. The van der Waals surface area contributed by atoms with Crippen LogP contribution in [0, 0.1) is 11.8 Å². The van der Waals surface area contributed by atoms with E-state index in [-0.39, 0.29) is 36.5 Å². The minimum Gasteiger partial charge on any atom is -0.460 e. The molecule has 48 heavy (non-hydrogen) atoms. The minimum atomic E-state index is -0.872. The van der Waals surface area contributed by atoms with Gasteiger partial charge in [-0.15, -0.1) is 0 Å². The summed E-state index contributed by atoms with van der Waals surface area (Å²) in [6, 6.07) is 14.4. The lowest BCUT2D eigenvalue weighted by atomic mass is 9.78. The number of esters is 1. The molecule has 1 fully saturated rings. The predicted octanol–water partition coefficient (Wildman–Crippen LogP) is 5.96. The van der Waals surface area contributed by atoms with Crippen molar-refractivity contribution in [1.82, 2.24) is 10.6 Å². The Morgan fingerprint density at radius 3 is 2.35 bits per heavy atom. The number of benzene rings is 2. The second-order valence-corrected chi connectivity index (χ2v) is 13.1. The van der Waals surface area contributed by atoms with Crippen molar-refractivity contribution in [3.63, 3.8) is 0 Å². The highest BCUT2D eigenvalue weighted by Crippen LogP contribution is 2.32. The van der Waals surface area contributed by atoms with Crippen LogP contribution in [0.3, 0.4) is 0 Å². The van der Waals surface area contributed by atoms with Crippen molar-refractivity contribution < 1.29 is 42.2 Å². The number of carbonyl (C=O) groups is 4. The molecule has 11 nitrogen and oxygen atoms in total. The second kappa shape index (κ2) is 17.1. The zero-order valence-electron chi connectivity index (χ0n) is 28.0. The van der Waals surface area contributed by atoms with Gasteiger partial charge in [0, 0.05) is 43.5 Å². The van der Waals surface area contributed by atoms with Gasteiger partial charge in [-0.3, -0.25) is 9.59 Å². The molecule has 3 aromatic rings. The van der Waals surface area contributed by atoms with Crippen LogP contribution >= 0.6 is 0 Å². The summed E-state index contributed by atoms with van der Waals surface area (Å²) in [5.74, 6) is -1.68. The van der Waals surface area contributed by atoms with Crippen LogP contribution in [0.1, 0.15) is 69.0 Å². The van der Waals surface area contributed by atoms with Crippen molar-refractivity contribution >= 4 is 40.5 Å². The van der Waals surface area contributed by atoms with Crippen molar-refractivity contribution in [2.75, 3.05) is 32.3 Å². The Balaban J connectivity index is 1.38. The van der Waals surface area contributed by atoms with Gasteiger partial charge in [0.05, 0.1) is 12.6 Å². The van der Waals surface area contributed by atoms with E-state index >= 15 is 0 Å². The molecule has 2 atom stereocenters. The summed E-state index contributed by atoms with van der Waals surface area (Å²) < 4.78 is 35.0. The molecule has 1 heterocycles. The molecule has 0 spiro atoms. The van der Waals surface area contributed by atoms with Gasteiger partial charge in [0.25, 0.3) is 0 Å². The SMILES string of the molecule is COCCCOC(=O)c1cc2cc(NC(=O)[C@H](Cc3ccccc3)NC(=O)C3CCC([C@@H](CF)NC(=O)OC(C)(C)C)CC3)ccc2o1. The van der Waals surface area contributed by atoms with Gasteiger partial charge < -0.3 is 34.6 Å². The lowest BCUT2D eigenvalue weighted by Gasteiger charge is -2.33. The van der Waals surface area contributed by atoms with E-state index in [9.17, 15) is 23.6 Å². The highest BCUT2D eigenvalue weighted by Gasteiger charge is 2.34. The number of amides is 3. The van der Waals surface area contributed by atoms with Gasteiger partial charge >= 0.3 is 12.1 Å². The Hall–Kier alpha value is -4.45. The Bertz CT molecular complexity index is 1530. The maximum Gasteiger partial charge on any atom is 0.407 e. The van der Waals surface area contributed by atoms with Gasteiger partial charge in [0.1, 0.15) is 23.9 Å². The van der Waals surface area contributed by atoms with Crippen LogP contribution in [0.15, 0.2) is 59.0 Å². The molecule has 2 aromatic carbocycles. The molecule has 1 aromatic heterocycles. The molecule has 0 aliphatic heterocycles. The highest BCUT2D eigenvalue weighted by molar-refractivity contribution is 6.00. The molecule has 3 N–H and O–H groups in total. The van der Waals surface area contributed by atoms with Crippen LogP contribution in [0.25, 0.3) is 11.0 Å². The number of nitrogens with one attached hydrogen (secondary N) is 3. The molecule has 12 heteroatoms. The molecule has 1 aliphatic carbocycles. The van der Waals surface area contributed by atoms with Crippen molar-refractivity contribution in [1.29, 1.82) is 0 Å². The number of furan rings is 1. The average molecular weight is 668 g/mol. The van der Waals surface area contributed by atoms with Crippen LogP contribution in [0.2, 0.25) is 0 Å². The minimum absolute atomic E-state index is 0.0493. The van der Waals surface area contributed by atoms with Crippen molar-refractivity contribution in [2.24, 2.45) is 11.8 Å². The van der Waals surface area contributed by atoms with Crippen LogP contribution in [-0.4, -0.2) is 68.6 Å². The summed E-state index contributed by atoms with van der Waals surface area (Å²) in [4.78, 5) is 51.7. The normalized spacial score (nSPS) is 17.6. The third-order valence-corrected chi connectivity index (χ3v) is 8.21. The summed E-state index contributed by atoms with van der Waals surface area (Å²) in [5, 5.41) is 9.09. The van der Waals surface area contributed by atoms with E-state index < -0.39 is 42.3 Å². The maximum atomic E-state index is 13.9. The number of hydrogen-bond acceptors (Lipinski definition) is 8. The Morgan fingerprint density at radius 2 is 1.69 bits per heavy atom. The van der Waals surface area contributed by atoms with Crippen molar-refractivity contribution in [2.45, 2.75) is 77.0 Å². The molecule has 1 saturated carbocycles. The fraction of sp³-hybridized carbons (Fsp3) is 0.500. The molecule has 4 rings (SSSR count). The molecule has 0 radical (unpaired) electrons. The zero-order chi connectivity index (χ0) is 34.7.